The summed E-state index contributed by atoms with van der Waals surface area (Å²) in [4.78, 5) is 4.12. The van der Waals surface area contributed by atoms with Gasteiger partial charge in [0.05, 0.1) is 61.9 Å². The molecular formula is C98H123Cl4N15. The SMILES string of the molecule is Cc1c(C(C)C)c(-c2cccc(Cl)c2)nn1C.Cc1c(C(C)C)c(-c2cncc(Cl)c2)nn1C.Cc1cc(C(C)C)n(-c2ccc(Cl)c(C)c2)n1.Cc1cc(C(C)C)n(-c2ccc(Cl)cc2)n1.Cc1ccc(-c2nn(C)c(C)c2C(C)C)cc1.Cc1ccc(-c2nn(C)c(C)c2C(C)C)cc1.Cc1cccc(-n2nc(C)cc2C(C)C)c1. The molecule has 0 N–H and O–H groups in total. The quantitative estimate of drug-likeness (QED) is 0.105. The molecule has 0 atom stereocenters. The van der Waals surface area contributed by atoms with Crippen LogP contribution in [0, 0.1) is 76.2 Å². The molecule has 8 aromatic heterocycles. The molecule has 0 spiro atoms. The van der Waals surface area contributed by atoms with Crippen molar-refractivity contribution in [2.45, 2.75) is 215 Å². The zero-order chi connectivity index (χ0) is 86.3. The summed E-state index contributed by atoms with van der Waals surface area (Å²) in [5.41, 5.74) is 34.0. The van der Waals surface area contributed by atoms with Gasteiger partial charge in [0, 0.05) is 140 Å². The van der Waals surface area contributed by atoms with Crippen LogP contribution in [0.4, 0.5) is 0 Å². The molecule has 117 heavy (non-hydrogen) atoms. The predicted molar refractivity (Wildman–Crippen MR) is 494 cm³/mol. The molecule has 0 saturated carbocycles. The number of aryl methyl sites for hydroxylation is 11. The Labute approximate surface area is 717 Å². The van der Waals surface area contributed by atoms with Crippen molar-refractivity contribution in [3.63, 3.8) is 0 Å². The standard InChI is InChI=1S/2C15H20N2.2C14H17ClN2.C14H18N2.C13H16ClN3.C13H15ClN2/c2*1-10(2)14-12(4)17(5)16-15(14)13-8-6-11(3)7-9-13;1-9(2)14-8-11(4)16-17(14)12-5-6-13(15)10(3)7-12;1-9(2)13-10(3)17(4)16-14(13)11-6-5-7-12(15)8-11;1-10(2)14-9-12(4)15-16(14)13-7-5-6-11(3)8-13;1-8(2)12-9(3)17(4)16-13(12)10-5-11(14)7-15-6-10;1-9(2)13-8-10(3)15-16(13)12-6-4-11(14)5-7-12/h2*6-10H,1-5H3;2*5-9H,1-4H3;5-10H,1-4H3;5-8H,1-4H3;4-9H,1-3H3. The van der Waals surface area contributed by atoms with Crippen LogP contribution >= 0.6 is 46.4 Å². The van der Waals surface area contributed by atoms with E-state index in [0.717, 1.165) is 88.7 Å². The van der Waals surface area contributed by atoms with Gasteiger partial charge in [-0.1, -0.05) is 227 Å². The first-order valence-electron chi connectivity index (χ1n) is 40.6. The topological polar surface area (TPSA) is 138 Å². The molecule has 0 radical (unpaired) electrons. The van der Waals surface area contributed by atoms with Crippen LogP contribution in [0.1, 0.15) is 240 Å². The van der Waals surface area contributed by atoms with Gasteiger partial charge in [-0.3, -0.25) is 23.7 Å². The highest BCUT2D eigenvalue weighted by Gasteiger charge is 2.23. The van der Waals surface area contributed by atoms with Gasteiger partial charge in [-0.25, -0.2) is 14.0 Å². The van der Waals surface area contributed by atoms with E-state index in [-0.39, 0.29) is 0 Å². The van der Waals surface area contributed by atoms with Crippen molar-refractivity contribution in [1.29, 1.82) is 0 Å². The fourth-order valence-corrected chi connectivity index (χ4v) is 14.8. The monoisotopic (exact) mass is 1650 g/mol. The van der Waals surface area contributed by atoms with E-state index in [4.69, 9.17) is 46.4 Å². The van der Waals surface area contributed by atoms with Crippen molar-refractivity contribution in [3.05, 3.63) is 298 Å². The molecule has 14 rings (SSSR count). The number of nitrogens with zero attached hydrogens (tertiary/aromatic N) is 15. The van der Waals surface area contributed by atoms with E-state index >= 15 is 0 Å². The largest absolute Gasteiger partial charge is 0.272 e. The molecule has 0 bridgehead atoms. The van der Waals surface area contributed by atoms with E-state index in [1.54, 1.807) is 12.4 Å². The summed E-state index contributed by atoms with van der Waals surface area (Å²) in [6.45, 7) is 53.6. The number of hydrogen-bond donors (Lipinski definition) is 0. The molecular weight excluding hydrogens is 1530 g/mol. The van der Waals surface area contributed by atoms with E-state index in [2.05, 4.69) is 289 Å². The van der Waals surface area contributed by atoms with Crippen molar-refractivity contribution in [2.24, 2.45) is 28.2 Å². The lowest BCUT2D eigenvalue weighted by molar-refractivity contribution is 0.731. The Morgan fingerprint density at radius 2 is 0.607 bits per heavy atom. The molecule has 6 aromatic carbocycles. The van der Waals surface area contributed by atoms with E-state index in [9.17, 15) is 0 Å². The van der Waals surface area contributed by atoms with Crippen LogP contribution < -0.4 is 0 Å². The fourth-order valence-electron chi connectivity index (χ4n) is 14.2. The molecule has 0 fully saturated rings. The molecule has 14 aromatic rings. The highest BCUT2D eigenvalue weighted by Crippen LogP contribution is 2.37. The van der Waals surface area contributed by atoms with Gasteiger partial charge in [0.2, 0.25) is 0 Å². The van der Waals surface area contributed by atoms with Gasteiger partial charge >= 0.3 is 0 Å². The maximum atomic E-state index is 6.05. The van der Waals surface area contributed by atoms with Crippen LogP contribution in [0.3, 0.4) is 0 Å². The number of benzene rings is 6. The Kier molecular flexibility index (Phi) is 32.8. The van der Waals surface area contributed by atoms with Crippen molar-refractivity contribution >= 4 is 46.4 Å². The Bertz CT molecular complexity index is 5370. The summed E-state index contributed by atoms with van der Waals surface area (Å²) in [7, 11) is 7.97. The molecule has 15 nitrogen and oxygen atoms in total. The average Bonchev–Trinajstić information content (AvgIpc) is 1.69. The third kappa shape index (κ3) is 24.0. The fraction of sp³-hybridized carbons (Fsp3) is 0.367. The van der Waals surface area contributed by atoms with Gasteiger partial charge in [0.15, 0.2) is 0 Å². The molecule has 0 amide bonds. The third-order valence-electron chi connectivity index (χ3n) is 20.6. The number of aromatic nitrogens is 15. The van der Waals surface area contributed by atoms with Crippen LogP contribution in [0.25, 0.3) is 62.1 Å². The molecule has 0 aliphatic carbocycles. The second kappa shape index (κ2) is 41.5. The van der Waals surface area contributed by atoms with Gasteiger partial charge in [-0.2, -0.15) is 35.7 Å². The molecule has 8 heterocycles. The zero-order valence-corrected chi connectivity index (χ0v) is 77.5. The normalized spacial score (nSPS) is 11.1. The van der Waals surface area contributed by atoms with Crippen LogP contribution in [0.5, 0.6) is 0 Å². The first-order valence-corrected chi connectivity index (χ1v) is 42.1. The number of pyridine rings is 1. The maximum absolute atomic E-state index is 6.05. The maximum Gasteiger partial charge on any atom is 0.0976 e. The van der Waals surface area contributed by atoms with Crippen LogP contribution in [0.15, 0.2) is 176 Å². The zero-order valence-electron chi connectivity index (χ0n) is 74.5. The van der Waals surface area contributed by atoms with Gasteiger partial charge in [0.1, 0.15) is 0 Å². The molecule has 0 aliphatic rings. The first-order chi connectivity index (χ1) is 55.1. The highest BCUT2D eigenvalue weighted by molar-refractivity contribution is 6.32. The molecule has 618 valence electrons. The average molecular weight is 1650 g/mol. The first kappa shape index (κ1) is 92.6. The van der Waals surface area contributed by atoms with Crippen molar-refractivity contribution < 1.29 is 0 Å². The second-order valence-corrected chi connectivity index (χ2v) is 34.4. The Morgan fingerprint density at radius 3 is 0.957 bits per heavy atom. The highest BCUT2D eigenvalue weighted by atomic mass is 35.5. The van der Waals surface area contributed by atoms with Crippen LogP contribution in [-0.2, 0) is 28.2 Å². The summed E-state index contributed by atoms with van der Waals surface area (Å²) < 4.78 is 13.8. The lowest BCUT2D eigenvalue weighted by Crippen LogP contribution is -2.03. The number of halogens is 4. The Morgan fingerprint density at radius 1 is 0.265 bits per heavy atom. The van der Waals surface area contributed by atoms with E-state index in [0.29, 0.717) is 46.4 Å². The minimum Gasteiger partial charge on any atom is -0.272 e. The van der Waals surface area contributed by atoms with Gasteiger partial charge in [-0.15, -0.1) is 0 Å². The second-order valence-electron chi connectivity index (χ2n) is 32.7. The van der Waals surface area contributed by atoms with Crippen LogP contribution in [0.2, 0.25) is 20.1 Å². The third-order valence-corrected chi connectivity index (χ3v) is 21.7. The number of hydrogen-bond acceptors (Lipinski definition) is 8. The van der Waals surface area contributed by atoms with Crippen LogP contribution in [-0.4, -0.2) is 73.4 Å². The van der Waals surface area contributed by atoms with Gasteiger partial charge < -0.3 is 0 Å². The lowest BCUT2D eigenvalue weighted by atomic mass is 9.96. The van der Waals surface area contributed by atoms with Crippen molar-refractivity contribution in [2.75, 3.05) is 0 Å². The molecule has 19 heteroatoms. The Balaban J connectivity index is 0.000000170. The summed E-state index contributed by atoms with van der Waals surface area (Å²) in [6.07, 6.45) is 3.44. The van der Waals surface area contributed by atoms with E-state index < -0.39 is 0 Å². The molecule has 0 aliphatic heterocycles. The molecule has 0 saturated heterocycles. The summed E-state index contributed by atoms with van der Waals surface area (Å²) in [5, 5.41) is 35.0. The summed E-state index contributed by atoms with van der Waals surface area (Å²) in [5.74, 6) is 3.28. The van der Waals surface area contributed by atoms with Crippen molar-refractivity contribution in [1.82, 2.24) is 73.4 Å². The minimum atomic E-state index is 0.428. The summed E-state index contributed by atoms with van der Waals surface area (Å²) >= 11 is 23.9. The predicted octanol–water partition coefficient (Wildman–Crippen LogP) is 27.2. The van der Waals surface area contributed by atoms with Gasteiger partial charge in [0.25, 0.3) is 0 Å². The van der Waals surface area contributed by atoms with E-state index in [1.807, 2.05) is 149 Å². The molecule has 0 unspecified atom stereocenters. The van der Waals surface area contributed by atoms with E-state index in [1.165, 1.54) is 89.9 Å². The van der Waals surface area contributed by atoms with Crippen molar-refractivity contribution in [3.8, 4) is 62.1 Å². The number of rotatable bonds is 14. The van der Waals surface area contributed by atoms with Gasteiger partial charge in [-0.05, 0) is 220 Å². The smallest absolute Gasteiger partial charge is 0.0976 e. The summed E-state index contributed by atoms with van der Waals surface area (Å²) in [6, 6.07) is 55.6. The minimum absolute atomic E-state index is 0.428. The Hall–Kier alpha value is -9.90. The lowest BCUT2D eigenvalue weighted by Gasteiger charge is -2.11.